The largest absolute Gasteiger partial charge is 0.483 e. The first kappa shape index (κ1) is 17.5. The van der Waals surface area contributed by atoms with Crippen LogP contribution in [0.3, 0.4) is 0 Å². The third kappa shape index (κ3) is 5.12. The highest BCUT2D eigenvalue weighted by atomic mass is 16.5. The zero-order valence-electron chi connectivity index (χ0n) is 13.8. The molecule has 0 aliphatic rings. The van der Waals surface area contributed by atoms with Gasteiger partial charge in [0.1, 0.15) is 5.75 Å². The van der Waals surface area contributed by atoms with E-state index in [9.17, 15) is 9.59 Å². The van der Waals surface area contributed by atoms with Crippen LogP contribution in [0, 0.1) is 0 Å². The molecule has 0 saturated heterocycles. The van der Waals surface area contributed by atoms with Gasteiger partial charge in [-0.1, -0.05) is 48.5 Å². The van der Waals surface area contributed by atoms with Gasteiger partial charge < -0.3 is 14.8 Å². The number of carbonyl (C=O) groups excluding carboxylic acids is 2. The van der Waals surface area contributed by atoms with E-state index >= 15 is 0 Å². The number of nitrogens with one attached hydrogen (secondary N) is 1. The number of ether oxygens (including phenoxy) is 2. The summed E-state index contributed by atoms with van der Waals surface area (Å²) in [6, 6.07) is 16.7. The van der Waals surface area contributed by atoms with Gasteiger partial charge in [-0.15, -0.1) is 0 Å². The fraction of sp³-hybridized carbons (Fsp3) is 0.263. The number of rotatable bonds is 7. The van der Waals surface area contributed by atoms with Crippen LogP contribution in [0.5, 0.6) is 5.75 Å². The van der Waals surface area contributed by atoms with Crippen molar-refractivity contribution in [3.63, 3.8) is 0 Å². The Hall–Kier alpha value is -2.82. The normalized spacial score (nSPS) is 11.4. The molecule has 0 fully saturated rings. The summed E-state index contributed by atoms with van der Waals surface area (Å²) in [5.74, 6) is -0.0714. The first-order valence-corrected chi connectivity index (χ1v) is 7.72. The van der Waals surface area contributed by atoms with Crippen molar-refractivity contribution in [2.75, 3.05) is 13.7 Å². The molecule has 0 spiro atoms. The molecule has 2 rings (SSSR count). The topological polar surface area (TPSA) is 64.6 Å². The molecule has 0 aliphatic carbocycles. The number of benzene rings is 2. The van der Waals surface area contributed by atoms with E-state index in [1.807, 2.05) is 43.3 Å². The number of esters is 1. The number of carbonyl (C=O) groups is 2. The second-order valence-electron chi connectivity index (χ2n) is 5.35. The van der Waals surface area contributed by atoms with Gasteiger partial charge >= 0.3 is 5.97 Å². The Kier molecular flexibility index (Phi) is 6.37. The second-order valence-corrected chi connectivity index (χ2v) is 5.35. The fourth-order valence-electron chi connectivity index (χ4n) is 2.27. The number of hydrogen-bond acceptors (Lipinski definition) is 4. The molecule has 5 nitrogen and oxygen atoms in total. The zero-order chi connectivity index (χ0) is 17.4. The minimum Gasteiger partial charge on any atom is -0.483 e. The molecule has 2 aromatic rings. The maximum Gasteiger partial charge on any atom is 0.310 e. The molecule has 24 heavy (non-hydrogen) atoms. The Morgan fingerprint density at radius 1 is 1.04 bits per heavy atom. The highest BCUT2D eigenvalue weighted by Crippen LogP contribution is 2.19. The summed E-state index contributed by atoms with van der Waals surface area (Å²) in [7, 11) is 1.34. The predicted octanol–water partition coefficient (Wildman–Crippen LogP) is 2.66. The van der Waals surface area contributed by atoms with Crippen LogP contribution in [0.2, 0.25) is 0 Å². The lowest BCUT2D eigenvalue weighted by molar-refractivity contribution is -0.139. The van der Waals surface area contributed by atoms with Crippen molar-refractivity contribution in [3.8, 4) is 5.75 Å². The van der Waals surface area contributed by atoms with E-state index < -0.39 is 0 Å². The Morgan fingerprint density at radius 3 is 2.42 bits per heavy atom. The van der Waals surface area contributed by atoms with Crippen molar-refractivity contribution < 1.29 is 19.1 Å². The average Bonchev–Trinajstić information content (AvgIpc) is 2.61. The summed E-state index contributed by atoms with van der Waals surface area (Å²) in [5, 5.41) is 2.88. The lowest BCUT2D eigenvalue weighted by atomic mass is 10.1. The summed E-state index contributed by atoms with van der Waals surface area (Å²) in [5.41, 5.74) is 1.71. The van der Waals surface area contributed by atoms with Crippen LogP contribution in [0.25, 0.3) is 0 Å². The smallest absolute Gasteiger partial charge is 0.310 e. The van der Waals surface area contributed by atoms with Gasteiger partial charge in [0.15, 0.2) is 6.61 Å². The van der Waals surface area contributed by atoms with Gasteiger partial charge in [0, 0.05) is 5.56 Å². The predicted molar refractivity (Wildman–Crippen MR) is 90.7 cm³/mol. The van der Waals surface area contributed by atoms with Crippen LogP contribution in [0.15, 0.2) is 54.6 Å². The highest BCUT2D eigenvalue weighted by molar-refractivity contribution is 5.78. The standard InChI is InChI=1S/C19H21NO4/c1-14(15-8-4-3-5-9-15)20-18(21)13-24-17-11-7-6-10-16(17)12-19(22)23-2/h3-11,14H,12-13H2,1-2H3,(H,20,21)/t14-/m1/s1. The summed E-state index contributed by atoms with van der Waals surface area (Å²) < 4.78 is 10.2. The summed E-state index contributed by atoms with van der Waals surface area (Å²) in [6.07, 6.45) is 0.106. The Morgan fingerprint density at radius 2 is 1.71 bits per heavy atom. The molecule has 0 aliphatic heterocycles. The maximum absolute atomic E-state index is 12.1. The molecule has 0 bridgehead atoms. The van der Waals surface area contributed by atoms with Crippen molar-refractivity contribution in [2.45, 2.75) is 19.4 Å². The van der Waals surface area contributed by atoms with Gasteiger partial charge in [-0.25, -0.2) is 0 Å². The van der Waals surface area contributed by atoms with Gasteiger partial charge in [0.05, 0.1) is 19.6 Å². The molecule has 0 unspecified atom stereocenters. The van der Waals surface area contributed by atoms with Gasteiger partial charge in [0.25, 0.3) is 5.91 Å². The molecular weight excluding hydrogens is 306 g/mol. The SMILES string of the molecule is COC(=O)Cc1ccccc1OCC(=O)N[C@H](C)c1ccccc1. The van der Waals surface area contributed by atoms with E-state index in [1.54, 1.807) is 18.2 Å². The van der Waals surface area contributed by atoms with E-state index in [1.165, 1.54) is 7.11 Å². The number of methoxy groups -OCH3 is 1. The van der Waals surface area contributed by atoms with Crippen LogP contribution < -0.4 is 10.1 Å². The first-order chi connectivity index (χ1) is 11.6. The second kappa shape index (κ2) is 8.72. The van der Waals surface area contributed by atoms with Crippen molar-refractivity contribution in [2.24, 2.45) is 0 Å². The van der Waals surface area contributed by atoms with Gasteiger partial charge in [-0.3, -0.25) is 9.59 Å². The van der Waals surface area contributed by atoms with Crippen molar-refractivity contribution in [1.82, 2.24) is 5.32 Å². The highest BCUT2D eigenvalue weighted by Gasteiger charge is 2.12. The summed E-state index contributed by atoms with van der Waals surface area (Å²) in [4.78, 5) is 23.5. The molecule has 5 heteroatoms. The van der Waals surface area contributed by atoms with E-state index in [4.69, 9.17) is 4.74 Å². The lowest BCUT2D eigenvalue weighted by Gasteiger charge is -2.15. The van der Waals surface area contributed by atoms with E-state index in [2.05, 4.69) is 10.1 Å². The molecule has 1 amide bonds. The van der Waals surface area contributed by atoms with Gasteiger partial charge in [-0.2, -0.15) is 0 Å². The molecule has 126 valence electrons. The zero-order valence-corrected chi connectivity index (χ0v) is 13.8. The number of amides is 1. The molecule has 2 aromatic carbocycles. The van der Waals surface area contributed by atoms with E-state index in [-0.39, 0.29) is 30.9 Å². The third-order valence-electron chi connectivity index (χ3n) is 3.57. The Labute approximate surface area is 141 Å². The molecule has 1 atom stereocenters. The van der Waals surface area contributed by atoms with Gasteiger partial charge in [-0.05, 0) is 18.6 Å². The van der Waals surface area contributed by atoms with Crippen molar-refractivity contribution in [3.05, 3.63) is 65.7 Å². The van der Waals surface area contributed by atoms with Gasteiger partial charge in [0.2, 0.25) is 0 Å². The van der Waals surface area contributed by atoms with Crippen LogP contribution in [0.1, 0.15) is 24.1 Å². The van der Waals surface area contributed by atoms with Crippen LogP contribution >= 0.6 is 0 Å². The minimum absolute atomic E-state index is 0.104. The minimum atomic E-state index is -0.354. The van der Waals surface area contributed by atoms with E-state index in [0.29, 0.717) is 11.3 Å². The fourth-order valence-corrected chi connectivity index (χ4v) is 2.27. The number of para-hydroxylation sites is 1. The average molecular weight is 327 g/mol. The Bertz CT molecular complexity index is 685. The summed E-state index contributed by atoms with van der Waals surface area (Å²) >= 11 is 0. The van der Waals surface area contributed by atoms with E-state index in [0.717, 1.165) is 5.56 Å². The quantitative estimate of drug-likeness (QED) is 0.794. The van der Waals surface area contributed by atoms with Crippen molar-refractivity contribution >= 4 is 11.9 Å². The Balaban J connectivity index is 1.91. The maximum atomic E-state index is 12.1. The van der Waals surface area contributed by atoms with Crippen LogP contribution in [0.4, 0.5) is 0 Å². The lowest BCUT2D eigenvalue weighted by Crippen LogP contribution is -2.31. The molecule has 0 radical (unpaired) electrons. The molecule has 0 saturated carbocycles. The molecule has 0 aromatic heterocycles. The third-order valence-corrected chi connectivity index (χ3v) is 3.57. The first-order valence-electron chi connectivity index (χ1n) is 7.72. The number of hydrogen-bond donors (Lipinski definition) is 1. The molecule has 0 heterocycles. The molecular formula is C19H21NO4. The van der Waals surface area contributed by atoms with Crippen molar-refractivity contribution in [1.29, 1.82) is 0 Å². The molecule has 1 N–H and O–H groups in total. The van der Waals surface area contributed by atoms with Crippen LogP contribution in [-0.2, 0) is 20.7 Å². The summed E-state index contributed by atoms with van der Waals surface area (Å²) in [6.45, 7) is 1.80. The monoisotopic (exact) mass is 327 g/mol. The van der Waals surface area contributed by atoms with Crippen LogP contribution in [-0.4, -0.2) is 25.6 Å².